The van der Waals surface area contributed by atoms with Gasteiger partial charge in [-0.1, -0.05) is 18.2 Å². The van der Waals surface area contributed by atoms with Crippen LogP contribution in [0.15, 0.2) is 36.8 Å². The van der Waals surface area contributed by atoms with Crippen LogP contribution >= 0.6 is 0 Å². The van der Waals surface area contributed by atoms with Crippen molar-refractivity contribution in [2.45, 2.75) is 24.8 Å². The van der Waals surface area contributed by atoms with Crippen molar-refractivity contribution < 1.29 is 4.74 Å². The molecule has 1 spiro atoms. The first-order valence-corrected chi connectivity index (χ1v) is 6.73. The van der Waals surface area contributed by atoms with Gasteiger partial charge >= 0.3 is 0 Å². The minimum absolute atomic E-state index is 0.0221. The topological polar surface area (TPSA) is 27.1 Å². The van der Waals surface area contributed by atoms with Gasteiger partial charge in [0.25, 0.3) is 0 Å². The number of ether oxygens (including phenoxy) is 1. The molecule has 0 radical (unpaired) electrons. The van der Waals surface area contributed by atoms with Crippen LogP contribution in [0.1, 0.15) is 29.7 Å². The van der Waals surface area contributed by atoms with Gasteiger partial charge in [-0.3, -0.25) is 0 Å². The number of aromatic nitrogens is 2. The molecule has 1 atom stereocenters. The lowest BCUT2D eigenvalue weighted by molar-refractivity contribution is 0.359. The Morgan fingerprint density at radius 3 is 3.21 bits per heavy atom. The van der Waals surface area contributed by atoms with E-state index in [9.17, 15) is 0 Å². The highest BCUT2D eigenvalue weighted by Crippen LogP contribution is 2.45. The molecular weight excluding hydrogens is 236 g/mol. The van der Waals surface area contributed by atoms with Gasteiger partial charge in [0.05, 0.1) is 19.0 Å². The predicted octanol–water partition coefficient (Wildman–Crippen LogP) is 3.00. The average molecular weight is 252 g/mol. The Balaban J connectivity index is 1.92. The molecule has 1 aromatic heterocycles. The first-order chi connectivity index (χ1) is 9.33. The molecule has 0 saturated heterocycles. The number of hydrogen-bond donors (Lipinski definition) is 0. The number of allylic oxidation sites excluding steroid dienone is 1. The monoisotopic (exact) mass is 252 g/mol. The molecule has 3 nitrogen and oxygen atoms in total. The van der Waals surface area contributed by atoms with E-state index < -0.39 is 0 Å². The zero-order valence-corrected chi connectivity index (χ0v) is 11.0. The van der Waals surface area contributed by atoms with E-state index in [1.807, 2.05) is 12.5 Å². The SMILES string of the molecule is COc1ccc2c(c1)C=CC21CCCc2cncn21. The minimum atomic E-state index is -0.0221. The normalized spacial score (nSPS) is 23.4. The zero-order valence-electron chi connectivity index (χ0n) is 11.0. The lowest BCUT2D eigenvalue weighted by Gasteiger charge is -2.36. The summed E-state index contributed by atoms with van der Waals surface area (Å²) >= 11 is 0. The van der Waals surface area contributed by atoms with E-state index in [4.69, 9.17) is 4.74 Å². The van der Waals surface area contributed by atoms with Gasteiger partial charge in [0.15, 0.2) is 0 Å². The van der Waals surface area contributed by atoms with Crippen molar-refractivity contribution in [3.63, 3.8) is 0 Å². The minimum Gasteiger partial charge on any atom is -0.497 e. The Kier molecular flexibility index (Phi) is 2.13. The van der Waals surface area contributed by atoms with Crippen LogP contribution in [0, 0.1) is 0 Å². The highest BCUT2D eigenvalue weighted by atomic mass is 16.5. The third kappa shape index (κ3) is 1.35. The van der Waals surface area contributed by atoms with Gasteiger partial charge in [-0.15, -0.1) is 0 Å². The molecule has 0 saturated carbocycles. The lowest BCUT2D eigenvalue weighted by Crippen LogP contribution is -2.35. The molecule has 4 rings (SSSR count). The fourth-order valence-corrected chi connectivity index (χ4v) is 3.47. The molecule has 0 N–H and O–H groups in total. The molecule has 0 fully saturated rings. The molecule has 1 unspecified atom stereocenters. The van der Waals surface area contributed by atoms with E-state index in [-0.39, 0.29) is 5.54 Å². The van der Waals surface area contributed by atoms with Crippen molar-refractivity contribution in [1.29, 1.82) is 0 Å². The molecule has 2 aromatic rings. The number of hydrogen-bond acceptors (Lipinski definition) is 2. The van der Waals surface area contributed by atoms with E-state index in [1.165, 1.54) is 23.2 Å². The second kappa shape index (κ2) is 3.73. The van der Waals surface area contributed by atoms with E-state index in [0.29, 0.717) is 0 Å². The van der Waals surface area contributed by atoms with Crippen LogP contribution < -0.4 is 4.74 Å². The highest BCUT2D eigenvalue weighted by molar-refractivity contribution is 5.67. The van der Waals surface area contributed by atoms with Crippen LogP contribution in [-0.2, 0) is 12.0 Å². The number of rotatable bonds is 1. The molecule has 19 heavy (non-hydrogen) atoms. The van der Waals surface area contributed by atoms with Crippen LogP contribution in [0.5, 0.6) is 5.75 Å². The molecule has 0 bridgehead atoms. The van der Waals surface area contributed by atoms with Crippen molar-refractivity contribution in [3.8, 4) is 5.75 Å². The Bertz CT molecular complexity index is 671. The van der Waals surface area contributed by atoms with E-state index >= 15 is 0 Å². The number of benzene rings is 1. The fourth-order valence-electron chi connectivity index (χ4n) is 3.47. The Hall–Kier alpha value is -2.03. The van der Waals surface area contributed by atoms with Gasteiger partial charge in [0, 0.05) is 11.9 Å². The van der Waals surface area contributed by atoms with E-state index in [2.05, 4.69) is 39.9 Å². The molecule has 2 aliphatic rings. The number of methoxy groups -OCH3 is 1. The molecule has 3 heteroatoms. The number of nitrogens with zero attached hydrogens (tertiary/aromatic N) is 2. The molecule has 1 aromatic carbocycles. The molecule has 1 aliphatic carbocycles. The van der Waals surface area contributed by atoms with Gasteiger partial charge in [-0.2, -0.15) is 0 Å². The molecular formula is C16H16N2O. The summed E-state index contributed by atoms with van der Waals surface area (Å²) in [5.74, 6) is 0.919. The summed E-state index contributed by atoms with van der Waals surface area (Å²) in [6, 6.07) is 6.37. The van der Waals surface area contributed by atoms with E-state index in [1.54, 1.807) is 7.11 Å². The van der Waals surface area contributed by atoms with Gasteiger partial charge in [-0.05, 0) is 42.5 Å². The van der Waals surface area contributed by atoms with E-state index in [0.717, 1.165) is 18.6 Å². The van der Waals surface area contributed by atoms with Crippen LogP contribution in [0.4, 0.5) is 0 Å². The van der Waals surface area contributed by atoms with Crippen molar-refractivity contribution in [2.75, 3.05) is 7.11 Å². The summed E-state index contributed by atoms with van der Waals surface area (Å²) in [5.41, 5.74) is 3.94. The lowest BCUT2D eigenvalue weighted by atomic mass is 9.83. The maximum atomic E-state index is 5.32. The predicted molar refractivity (Wildman–Crippen MR) is 74.3 cm³/mol. The summed E-state index contributed by atoms with van der Waals surface area (Å²) in [7, 11) is 1.71. The highest BCUT2D eigenvalue weighted by Gasteiger charge is 2.39. The van der Waals surface area contributed by atoms with Crippen molar-refractivity contribution >= 4 is 6.08 Å². The summed E-state index contributed by atoms with van der Waals surface area (Å²) in [4.78, 5) is 4.33. The summed E-state index contributed by atoms with van der Waals surface area (Å²) in [6.45, 7) is 0. The van der Waals surface area contributed by atoms with Crippen molar-refractivity contribution in [2.24, 2.45) is 0 Å². The summed E-state index contributed by atoms with van der Waals surface area (Å²) in [6.07, 6.45) is 12.0. The zero-order chi connectivity index (χ0) is 12.9. The van der Waals surface area contributed by atoms with Crippen LogP contribution in [0.2, 0.25) is 0 Å². The maximum Gasteiger partial charge on any atom is 0.119 e. The summed E-state index contributed by atoms with van der Waals surface area (Å²) in [5, 5.41) is 0. The van der Waals surface area contributed by atoms with Gasteiger partial charge in [-0.25, -0.2) is 4.98 Å². The Morgan fingerprint density at radius 2 is 2.32 bits per heavy atom. The Morgan fingerprint density at radius 1 is 1.37 bits per heavy atom. The average Bonchev–Trinajstić information content (AvgIpc) is 3.05. The van der Waals surface area contributed by atoms with Crippen molar-refractivity contribution in [1.82, 2.24) is 9.55 Å². The third-order valence-corrected chi connectivity index (χ3v) is 4.40. The maximum absolute atomic E-state index is 5.32. The quantitative estimate of drug-likeness (QED) is 0.780. The first kappa shape index (κ1) is 10.9. The van der Waals surface area contributed by atoms with Crippen LogP contribution in [0.25, 0.3) is 6.08 Å². The third-order valence-electron chi connectivity index (χ3n) is 4.40. The van der Waals surface area contributed by atoms with Gasteiger partial charge < -0.3 is 9.30 Å². The largest absolute Gasteiger partial charge is 0.497 e. The summed E-state index contributed by atoms with van der Waals surface area (Å²) < 4.78 is 7.66. The Labute approximate surface area is 112 Å². The second-order valence-corrected chi connectivity index (χ2v) is 5.32. The fraction of sp³-hybridized carbons (Fsp3) is 0.312. The van der Waals surface area contributed by atoms with Crippen LogP contribution in [-0.4, -0.2) is 16.7 Å². The second-order valence-electron chi connectivity index (χ2n) is 5.32. The van der Waals surface area contributed by atoms with Gasteiger partial charge in [0.2, 0.25) is 0 Å². The van der Waals surface area contributed by atoms with Crippen LogP contribution in [0.3, 0.4) is 0 Å². The molecule has 2 heterocycles. The number of imidazole rings is 1. The molecule has 1 aliphatic heterocycles. The van der Waals surface area contributed by atoms with Gasteiger partial charge in [0.1, 0.15) is 5.75 Å². The van der Waals surface area contributed by atoms with Crippen molar-refractivity contribution in [3.05, 3.63) is 53.6 Å². The first-order valence-electron chi connectivity index (χ1n) is 6.73. The number of fused-ring (bicyclic) bond motifs is 4. The molecule has 96 valence electrons. The smallest absolute Gasteiger partial charge is 0.119 e. The standard InChI is InChI=1S/C16H16N2O/c1-19-14-4-5-15-12(9-14)6-8-16(15)7-2-3-13-10-17-11-18(13)16/h4-6,8-11H,2-3,7H2,1H3. The molecule has 0 amide bonds. The number of aryl methyl sites for hydroxylation is 1.